The second-order valence-corrected chi connectivity index (χ2v) is 4.82. The maximum Gasteiger partial charge on any atom is 0.222 e. The van der Waals surface area contributed by atoms with Crippen LogP contribution in [0.15, 0.2) is 0 Å². The molecule has 0 aromatic heterocycles. The molecule has 1 aliphatic rings. The lowest BCUT2D eigenvalue weighted by Crippen LogP contribution is -2.51. The molecule has 1 unspecified atom stereocenters. The molecular weight excluding hydrogens is 202 g/mol. The second kappa shape index (κ2) is 5.86. The molecule has 1 saturated heterocycles. The Balaban J connectivity index is 2.37. The van der Waals surface area contributed by atoms with Gasteiger partial charge >= 0.3 is 0 Å². The van der Waals surface area contributed by atoms with Gasteiger partial charge in [0.1, 0.15) is 0 Å². The molecule has 1 amide bonds. The molecular formula is C12H21N3O. The Morgan fingerprint density at radius 2 is 1.81 bits per heavy atom. The van der Waals surface area contributed by atoms with E-state index in [0.717, 1.165) is 26.2 Å². The van der Waals surface area contributed by atoms with Gasteiger partial charge in [0, 0.05) is 32.6 Å². The molecule has 1 heterocycles. The van der Waals surface area contributed by atoms with Crippen LogP contribution in [0.4, 0.5) is 0 Å². The number of rotatable bonds is 3. The highest BCUT2D eigenvalue weighted by atomic mass is 16.2. The second-order valence-electron chi connectivity index (χ2n) is 4.82. The van der Waals surface area contributed by atoms with Crippen LogP contribution in [0.2, 0.25) is 0 Å². The summed E-state index contributed by atoms with van der Waals surface area (Å²) in [5.74, 6) is 0.669. The first kappa shape index (κ1) is 13.0. The van der Waals surface area contributed by atoms with Crippen molar-refractivity contribution in [1.29, 1.82) is 5.26 Å². The average Bonchev–Trinajstić information content (AvgIpc) is 2.27. The maximum absolute atomic E-state index is 11.8. The minimum absolute atomic E-state index is 0.0395. The molecule has 90 valence electrons. The summed E-state index contributed by atoms with van der Waals surface area (Å²) in [6, 6.07) is 2.19. The Bertz CT molecular complexity index is 274. The first-order chi connectivity index (χ1) is 7.54. The lowest BCUT2D eigenvalue weighted by atomic mass is 10.1. The molecule has 4 nitrogen and oxygen atoms in total. The standard InChI is InChI=1S/C12H21N3O/c1-10(2)8-12(16)15-6-4-14(5-7-15)11(3)9-13/h10-11H,4-8H2,1-3H3. The Morgan fingerprint density at radius 1 is 1.25 bits per heavy atom. The van der Waals surface area contributed by atoms with E-state index < -0.39 is 0 Å². The Kier molecular flexibility index (Phi) is 4.75. The van der Waals surface area contributed by atoms with Gasteiger partial charge in [0.2, 0.25) is 5.91 Å². The van der Waals surface area contributed by atoms with Gasteiger partial charge in [0.25, 0.3) is 0 Å². The van der Waals surface area contributed by atoms with E-state index in [2.05, 4.69) is 24.8 Å². The molecule has 1 atom stereocenters. The zero-order valence-electron chi connectivity index (χ0n) is 10.4. The van der Waals surface area contributed by atoms with Crippen LogP contribution < -0.4 is 0 Å². The summed E-state index contributed by atoms with van der Waals surface area (Å²) in [4.78, 5) is 15.8. The number of carbonyl (C=O) groups is 1. The SMILES string of the molecule is CC(C)CC(=O)N1CCN(C(C)C#N)CC1. The van der Waals surface area contributed by atoms with Crippen molar-refractivity contribution in [2.45, 2.75) is 33.2 Å². The summed E-state index contributed by atoms with van der Waals surface area (Å²) in [5.41, 5.74) is 0. The number of amides is 1. The first-order valence-corrected chi connectivity index (χ1v) is 5.96. The quantitative estimate of drug-likeness (QED) is 0.719. The van der Waals surface area contributed by atoms with Gasteiger partial charge in [-0.1, -0.05) is 13.8 Å². The van der Waals surface area contributed by atoms with Crippen molar-refractivity contribution in [2.75, 3.05) is 26.2 Å². The van der Waals surface area contributed by atoms with Crippen molar-refractivity contribution in [3.05, 3.63) is 0 Å². The number of nitrogens with zero attached hydrogens (tertiary/aromatic N) is 3. The summed E-state index contributed by atoms with van der Waals surface area (Å²) in [6.45, 7) is 9.19. The highest BCUT2D eigenvalue weighted by molar-refractivity contribution is 5.76. The molecule has 1 fully saturated rings. The summed E-state index contributed by atoms with van der Waals surface area (Å²) < 4.78 is 0. The van der Waals surface area contributed by atoms with E-state index in [1.807, 2.05) is 11.8 Å². The van der Waals surface area contributed by atoms with E-state index >= 15 is 0 Å². The maximum atomic E-state index is 11.8. The number of hydrogen-bond acceptors (Lipinski definition) is 3. The van der Waals surface area contributed by atoms with Crippen molar-refractivity contribution >= 4 is 5.91 Å². The number of nitriles is 1. The van der Waals surface area contributed by atoms with Crippen LogP contribution in [-0.4, -0.2) is 47.9 Å². The Labute approximate surface area is 97.8 Å². The van der Waals surface area contributed by atoms with Gasteiger partial charge in [-0.15, -0.1) is 0 Å². The minimum atomic E-state index is -0.0395. The van der Waals surface area contributed by atoms with Gasteiger partial charge in [-0.05, 0) is 12.8 Å². The fraction of sp³-hybridized carbons (Fsp3) is 0.833. The summed E-state index contributed by atoms with van der Waals surface area (Å²) in [5, 5.41) is 8.81. The first-order valence-electron chi connectivity index (χ1n) is 5.96. The van der Waals surface area contributed by atoms with Crippen molar-refractivity contribution in [3.8, 4) is 6.07 Å². The van der Waals surface area contributed by atoms with E-state index in [1.165, 1.54) is 0 Å². The summed E-state index contributed by atoms with van der Waals surface area (Å²) >= 11 is 0. The molecule has 0 aromatic rings. The van der Waals surface area contributed by atoms with E-state index in [1.54, 1.807) is 0 Å². The summed E-state index contributed by atoms with van der Waals surface area (Å²) in [7, 11) is 0. The molecule has 0 spiro atoms. The molecule has 16 heavy (non-hydrogen) atoms. The molecule has 0 bridgehead atoms. The van der Waals surface area contributed by atoms with Crippen molar-refractivity contribution in [3.63, 3.8) is 0 Å². The monoisotopic (exact) mass is 223 g/mol. The van der Waals surface area contributed by atoms with Crippen LogP contribution in [0, 0.1) is 17.2 Å². The third-order valence-corrected chi connectivity index (χ3v) is 2.98. The van der Waals surface area contributed by atoms with Crippen molar-refractivity contribution in [1.82, 2.24) is 9.80 Å². The summed E-state index contributed by atoms with van der Waals surface area (Å²) in [6.07, 6.45) is 0.633. The smallest absolute Gasteiger partial charge is 0.222 e. The third kappa shape index (κ3) is 3.49. The molecule has 1 aliphatic heterocycles. The zero-order chi connectivity index (χ0) is 12.1. The van der Waals surface area contributed by atoms with Crippen LogP contribution >= 0.6 is 0 Å². The predicted octanol–water partition coefficient (Wildman–Crippen LogP) is 1.09. The predicted molar refractivity (Wildman–Crippen MR) is 62.7 cm³/mol. The average molecular weight is 223 g/mol. The van der Waals surface area contributed by atoms with Gasteiger partial charge in [0.05, 0.1) is 12.1 Å². The van der Waals surface area contributed by atoms with Crippen LogP contribution in [0.25, 0.3) is 0 Å². The molecule has 0 aromatic carbocycles. The molecule has 0 radical (unpaired) electrons. The van der Waals surface area contributed by atoms with Gasteiger partial charge in [0.15, 0.2) is 0 Å². The molecule has 4 heteroatoms. The molecule has 0 aliphatic carbocycles. The minimum Gasteiger partial charge on any atom is -0.340 e. The van der Waals surface area contributed by atoms with E-state index in [4.69, 9.17) is 5.26 Å². The largest absolute Gasteiger partial charge is 0.340 e. The van der Waals surface area contributed by atoms with Crippen molar-refractivity contribution in [2.24, 2.45) is 5.92 Å². The van der Waals surface area contributed by atoms with Gasteiger partial charge in [-0.3, -0.25) is 9.69 Å². The van der Waals surface area contributed by atoms with Crippen LogP contribution in [-0.2, 0) is 4.79 Å². The van der Waals surface area contributed by atoms with Gasteiger partial charge < -0.3 is 4.90 Å². The number of piperazine rings is 1. The lowest BCUT2D eigenvalue weighted by molar-refractivity contribution is -0.133. The van der Waals surface area contributed by atoms with Gasteiger partial charge in [-0.2, -0.15) is 5.26 Å². The van der Waals surface area contributed by atoms with E-state index in [-0.39, 0.29) is 11.9 Å². The van der Waals surface area contributed by atoms with Gasteiger partial charge in [-0.25, -0.2) is 0 Å². The fourth-order valence-electron chi connectivity index (χ4n) is 1.92. The van der Waals surface area contributed by atoms with Crippen molar-refractivity contribution < 1.29 is 4.79 Å². The number of hydrogen-bond donors (Lipinski definition) is 0. The normalized spacial score (nSPS) is 19.6. The highest BCUT2D eigenvalue weighted by Gasteiger charge is 2.23. The molecule has 1 rings (SSSR count). The fourth-order valence-corrected chi connectivity index (χ4v) is 1.92. The lowest BCUT2D eigenvalue weighted by Gasteiger charge is -2.36. The number of carbonyl (C=O) groups excluding carboxylic acids is 1. The van der Waals surface area contributed by atoms with Crippen LogP contribution in [0.1, 0.15) is 27.2 Å². The zero-order valence-corrected chi connectivity index (χ0v) is 10.4. The van der Waals surface area contributed by atoms with Crippen LogP contribution in [0.3, 0.4) is 0 Å². The Morgan fingerprint density at radius 3 is 2.25 bits per heavy atom. The van der Waals surface area contributed by atoms with E-state index in [9.17, 15) is 4.79 Å². The topological polar surface area (TPSA) is 47.3 Å². The molecule has 0 saturated carbocycles. The molecule has 0 N–H and O–H groups in total. The third-order valence-electron chi connectivity index (χ3n) is 2.98. The Hall–Kier alpha value is -1.08. The van der Waals surface area contributed by atoms with Crippen LogP contribution in [0.5, 0.6) is 0 Å². The van der Waals surface area contributed by atoms with E-state index in [0.29, 0.717) is 12.3 Å². The highest BCUT2D eigenvalue weighted by Crippen LogP contribution is 2.09.